The SMILES string of the molecule is COc1ccc(OCCSCC(=O)N2CCCC2)cc1. The van der Waals surface area contributed by atoms with E-state index in [2.05, 4.69) is 0 Å². The van der Waals surface area contributed by atoms with Crippen LogP contribution in [-0.4, -0.2) is 49.1 Å². The number of amides is 1. The van der Waals surface area contributed by atoms with Gasteiger partial charge in [-0.15, -0.1) is 11.8 Å². The molecule has 0 unspecified atom stereocenters. The zero-order valence-electron chi connectivity index (χ0n) is 11.8. The van der Waals surface area contributed by atoms with Crippen LogP contribution in [0.3, 0.4) is 0 Å². The number of nitrogens with zero attached hydrogens (tertiary/aromatic N) is 1. The molecular weight excluding hydrogens is 274 g/mol. The molecule has 1 aromatic rings. The van der Waals surface area contributed by atoms with Gasteiger partial charge in [-0.2, -0.15) is 0 Å². The van der Waals surface area contributed by atoms with Crippen LogP contribution in [0.15, 0.2) is 24.3 Å². The van der Waals surface area contributed by atoms with E-state index >= 15 is 0 Å². The smallest absolute Gasteiger partial charge is 0.232 e. The quantitative estimate of drug-likeness (QED) is 0.724. The second kappa shape index (κ2) is 8.04. The van der Waals surface area contributed by atoms with Crippen LogP contribution in [0, 0.1) is 0 Å². The molecule has 2 rings (SSSR count). The van der Waals surface area contributed by atoms with Gasteiger partial charge in [-0.3, -0.25) is 4.79 Å². The lowest BCUT2D eigenvalue weighted by Crippen LogP contribution is -2.29. The monoisotopic (exact) mass is 295 g/mol. The average molecular weight is 295 g/mol. The van der Waals surface area contributed by atoms with Gasteiger partial charge in [0, 0.05) is 18.8 Å². The zero-order chi connectivity index (χ0) is 14.2. The molecule has 0 aromatic heterocycles. The molecule has 0 N–H and O–H groups in total. The third kappa shape index (κ3) is 4.63. The van der Waals surface area contributed by atoms with Crippen LogP contribution in [0.4, 0.5) is 0 Å². The van der Waals surface area contributed by atoms with E-state index in [4.69, 9.17) is 9.47 Å². The number of hydrogen-bond acceptors (Lipinski definition) is 4. The minimum atomic E-state index is 0.261. The fourth-order valence-corrected chi connectivity index (χ4v) is 2.81. The highest BCUT2D eigenvalue weighted by molar-refractivity contribution is 7.99. The Bertz CT molecular complexity index is 416. The van der Waals surface area contributed by atoms with Crippen molar-refractivity contribution in [2.24, 2.45) is 0 Å². The van der Waals surface area contributed by atoms with Gasteiger partial charge in [0.05, 0.1) is 19.5 Å². The van der Waals surface area contributed by atoms with E-state index in [0.29, 0.717) is 12.4 Å². The maximum atomic E-state index is 11.8. The second-order valence-electron chi connectivity index (χ2n) is 4.66. The van der Waals surface area contributed by atoms with Crippen LogP contribution in [0.25, 0.3) is 0 Å². The topological polar surface area (TPSA) is 38.8 Å². The van der Waals surface area contributed by atoms with Crippen molar-refractivity contribution in [2.45, 2.75) is 12.8 Å². The number of rotatable bonds is 7. The molecule has 1 amide bonds. The molecule has 1 aliphatic heterocycles. The maximum Gasteiger partial charge on any atom is 0.232 e. The van der Waals surface area contributed by atoms with Crippen molar-refractivity contribution in [3.8, 4) is 11.5 Å². The summed E-state index contributed by atoms with van der Waals surface area (Å²) in [6.45, 7) is 2.48. The number of thioether (sulfide) groups is 1. The Balaban J connectivity index is 1.57. The van der Waals surface area contributed by atoms with Crippen molar-refractivity contribution in [1.82, 2.24) is 4.90 Å². The number of carbonyl (C=O) groups excluding carboxylic acids is 1. The van der Waals surface area contributed by atoms with E-state index in [1.807, 2.05) is 29.2 Å². The molecule has 1 aliphatic rings. The Morgan fingerprint density at radius 1 is 1.20 bits per heavy atom. The molecule has 4 nitrogen and oxygen atoms in total. The first kappa shape index (κ1) is 15.0. The number of methoxy groups -OCH3 is 1. The minimum absolute atomic E-state index is 0.261. The fourth-order valence-electron chi connectivity index (χ4n) is 2.11. The van der Waals surface area contributed by atoms with E-state index in [1.54, 1.807) is 18.9 Å². The van der Waals surface area contributed by atoms with Crippen molar-refractivity contribution in [1.29, 1.82) is 0 Å². The predicted octanol–water partition coefficient (Wildman–Crippen LogP) is 2.43. The molecule has 110 valence electrons. The minimum Gasteiger partial charge on any atom is -0.497 e. The van der Waals surface area contributed by atoms with Crippen LogP contribution < -0.4 is 9.47 Å². The summed E-state index contributed by atoms with van der Waals surface area (Å²) in [6.07, 6.45) is 2.30. The number of carbonyl (C=O) groups is 1. The highest BCUT2D eigenvalue weighted by Crippen LogP contribution is 2.17. The van der Waals surface area contributed by atoms with Crippen LogP contribution in [0.5, 0.6) is 11.5 Å². The summed E-state index contributed by atoms with van der Waals surface area (Å²) < 4.78 is 10.7. The van der Waals surface area contributed by atoms with Gasteiger partial charge in [0.2, 0.25) is 5.91 Å². The summed E-state index contributed by atoms with van der Waals surface area (Å²) in [7, 11) is 1.64. The molecule has 0 spiro atoms. The molecule has 5 heteroatoms. The number of hydrogen-bond donors (Lipinski definition) is 0. The first-order chi connectivity index (χ1) is 9.79. The standard InChI is InChI=1S/C15H21NO3S/c1-18-13-4-6-14(7-5-13)19-10-11-20-12-15(17)16-8-2-3-9-16/h4-7H,2-3,8-12H2,1H3. The Labute approximate surface area is 124 Å². The maximum absolute atomic E-state index is 11.8. The first-order valence-electron chi connectivity index (χ1n) is 6.92. The van der Waals surface area contributed by atoms with E-state index in [-0.39, 0.29) is 5.91 Å². The van der Waals surface area contributed by atoms with Crippen molar-refractivity contribution in [3.63, 3.8) is 0 Å². The van der Waals surface area contributed by atoms with Crippen molar-refractivity contribution >= 4 is 17.7 Å². The van der Waals surface area contributed by atoms with Gasteiger partial charge in [-0.25, -0.2) is 0 Å². The third-order valence-corrected chi connectivity index (χ3v) is 4.15. The summed E-state index contributed by atoms with van der Waals surface area (Å²) in [4.78, 5) is 13.8. The number of benzene rings is 1. The molecule has 1 aromatic carbocycles. The van der Waals surface area contributed by atoms with Crippen LogP contribution in [-0.2, 0) is 4.79 Å². The van der Waals surface area contributed by atoms with Gasteiger partial charge in [0.25, 0.3) is 0 Å². The lowest BCUT2D eigenvalue weighted by Gasteiger charge is -2.14. The van der Waals surface area contributed by atoms with E-state index in [0.717, 1.165) is 43.2 Å². The van der Waals surface area contributed by atoms with Crippen molar-refractivity contribution in [2.75, 3.05) is 38.3 Å². The van der Waals surface area contributed by atoms with Gasteiger partial charge < -0.3 is 14.4 Å². The summed E-state index contributed by atoms with van der Waals surface area (Å²) in [5.41, 5.74) is 0. The van der Waals surface area contributed by atoms with Gasteiger partial charge in [0.1, 0.15) is 11.5 Å². The van der Waals surface area contributed by atoms with Crippen LogP contribution >= 0.6 is 11.8 Å². The molecule has 1 saturated heterocycles. The Kier molecular flexibility index (Phi) is 6.05. The van der Waals surface area contributed by atoms with E-state index in [9.17, 15) is 4.79 Å². The van der Waals surface area contributed by atoms with Gasteiger partial charge in [0.15, 0.2) is 0 Å². The molecule has 0 radical (unpaired) electrons. The summed E-state index contributed by atoms with van der Waals surface area (Å²) in [5.74, 6) is 3.30. The molecule has 0 aliphatic carbocycles. The Morgan fingerprint density at radius 3 is 2.50 bits per heavy atom. The summed E-state index contributed by atoms with van der Waals surface area (Å²) >= 11 is 1.63. The molecule has 1 fully saturated rings. The molecule has 0 atom stereocenters. The molecular formula is C15H21NO3S. The second-order valence-corrected chi connectivity index (χ2v) is 5.77. The number of ether oxygens (including phenoxy) is 2. The Hall–Kier alpha value is -1.36. The Morgan fingerprint density at radius 2 is 1.85 bits per heavy atom. The molecule has 20 heavy (non-hydrogen) atoms. The third-order valence-electron chi connectivity index (χ3n) is 3.24. The largest absolute Gasteiger partial charge is 0.497 e. The molecule has 1 heterocycles. The normalized spacial score (nSPS) is 14.3. The highest BCUT2D eigenvalue weighted by Gasteiger charge is 2.17. The number of likely N-dealkylation sites (tertiary alicyclic amines) is 1. The first-order valence-corrected chi connectivity index (χ1v) is 8.07. The van der Waals surface area contributed by atoms with Gasteiger partial charge in [-0.1, -0.05) is 0 Å². The average Bonchev–Trinajstić information content (AvgIpc) is 3.01. The van der Waals surface area contributed by atoms with Gasteiger partial charge >= 0.3 is 0 Å². The molecule has 0 saturated carbocycles. The van der Waals surface area contributed by atoms with E-state index < -0.39 is 0 Å². The lowest BCUT2D eigenvalue weighted by molar-refractivity contribution is -0.127. The van der Waals surface area contributed by atoms with E-state index in [1.165, 1.54) is 0 Å². The highest BCUT2D eigenvalue weighted by atomic mass is 32.2. The summed E-state index contributed by atoms with van der Waals surface area (Å²) in [5, 5.41) is 0. The van der Waals surface area contributed by atoms with Gasteiger partial charge in [-0.05, 0) is 37.1 Å². The predicted molar refractivity (Wildman–Crippen MR) is 81.6 cm³/mol. The lowest BCUT2D eigenvalue weighted by atomic mass is 10.3. The van der Waals surface area contributed by atoms with Crippen molar-refractivity contribution in [3.05, 3.63) is 24.3 Å². The zero-order valence-corrected chi connectivity index (χ0v) is 12.7. The molecule has 0 bridgehead atoms. The van der Waals surface area contributed by atoms with Crippen molar-refractivity contribution < 1.29 is 14.3 Å². The summed E-state index contributed by atoms with van der Waals surface area (Å²) in [6, 6.07) is 7.52. The fraction of sp³-hybridized carbons (Fsp3) is 0.533. The van der Waals surface area contributed by atoms with Crippen LogP contribution in [0.2, 0.25) is 0 Å². The van der Waals surface area contributed by atoms with Crippen LogP contribution in [0.1, 0.15) is 12.8 Å².